The Bertz CT molecular complexity index is 1150. The summed E-state index contributed by atoms with van der Waals surface area (Å²) >= 11 is 1.74. The quantitative estimate of drug-likeness (QED) is 0.684. The van der Waals surface area contributed by atoms with Crippen LogP contribution in [0.25, 0.3) is 11.1 Å². The van der Waals surface area contributed by atoms with E-state index in [1.54, 1.807) is 17.4 Å². The van der Waals surface area contributed by atoms with Crippen LogP contribution in [0, 0.1) is 20.8 Å². The molecule has 29 heavy (non-hydrogen) atoms. The standard InChI is InChI=1S/C22H22N4O2S/c1-12-14(3)29-22-19(12)20(23-13(2)21-25-24-15(4)26(21)22)17-10-8-16(9-11-17)6-5-7-18(27)28/h5-6,8-11,13H,7H2,1-4H3,(H,27,28)/b6-5+/t13-/m0/s1. The normalized spacial score (nSPS) is 15.7. The molecule has 0 saturated carbocycles. The van der Waals surface area contributed by atoms with Crippen LogP contribution >= 0.6 is 11.3 Å². The number of hydrogen-bond donors (Lipinski definition) is 1. The first kappa shape index (κ1) is 19.3. The number of nitrogens with zero attached hydrogens (tertiary/aromatic N) is 4. The van der Waals surface area contributed by atoms with Gasteiger partial charge < -0.3 is 5.11 Å². The largest absolute Gasteiger partial charge is 0.481 e. The molecule has 148 valence electrons. The molecule has 0 saturated heterocycles. The summed E-state index contributed by atoms with van der Waals surface area (Å²) in [6.45, 7) is 8.28. The molecule has 1 N–H and O–H groups in total. The van der Waals surface area contributed by atoms with E-state index in [4.69, 9.17) is 10.1 Å². The van der Waals surface area contributed by atoms with Crippen LogP contribution in [-0.2, 0) is 4.79 Å². The number of aliphatic imine (C=N–C) groups is 1. The molecule has 1 aliphatic heterocycles. The molecule has 0 fully saturated rings. The number of aromatic nitrogens is 3. The third-order valence-electron chi connectivity index (χ3n) is 5.14. The van der Waals surface area contributed by atoms with Gasteiger partial charge in [-0.3, -0.25) is 14.4 Å². The minimum absolute atomic E-state index is 0.0154. The molecule has 0 radical (unpaired) electrons. The van der Waals surface area contributed by atoms with Gasteiger partial charge in [0.25, 0.3) is 0 Å². The third-order valence-corrected chi connectivity index (χ3v) is 6.33. The van der Waals surface area contributed by atoms with E-state index in [9.17, 15) is 4.79 Å². The van der Waals surface area contributed by atoms with Gasteiger partial charge in [-0.25, -0.2) is 0 Å². The molecule has 0 bridgehead atoms. The van der Waals surface area contributed by atoms with Crippen LogP contribution in [0.15, 0.2) is 35.3 Å². The SMILES string of the molecule is Cc1sc2c(c1C)C(c1ccc(/C=C/CC(=O)O)cc1)=N[C@@H](C)c1nnc(C)n1-2. The molecule has 0 unspecified atom stereocenters. The van der Waals surface area contributed by atoms with Crippen LogP contribution < -0.4 is 0 Å². The highest BCUT2D eigenvalue weighted by atomic mass is 32.1. The van der Waals surface area contributed by atoms with Gasteiger partial charge >= 0.3 is 5.97 Å². The molecule has 0 spiro atoms. The van der Waals surface area contributed by atoms with Crippen LogP contribution in [0.5, 0.6) is 0 Å². The van der Waals surface area contributed by atoms with Crippen LogP contribution in [0.1, 0.15) is 58.2 Å². The lowest BCUT2D eigenvalue weighted by Gasteiger charge is -2.10. The van der Waals surface area contributed by atoms with Crippen LogP contribution in [-0.4, -0.2) is 31.6 Å². The average molecular weight is 407 g/mol. The molecule has 4 rings (SSSR count). The Morgan fingerprint density at radius 2 is 1.93 bits per heavy atom. The maximum absolute atomic E-state index is 10.7. The van der Waals surface area contributed by atoms with Gasteiger partial charge in [-0.1, -0.05) is 36.4 Å². The number of carbonyl (C=O) groups is 1. The monoisotopic (exact) mass is 406 g/mol. The number of hydrogen-bond acceptors (Lipinski definition) is 5. The minimum Gasteiger partial charge on any atom is -0.481 e. The number of benzene rings is 1. The van der Waals surface area contributed by atoms with E-state index < -0.39 is 5.97 Å². The van der Waals surface area contributed by atoms with E-state index in [2.05, 4.69) is 28.6 Å². The number of thiophene rings is 1. The highest BCUT2D eigenvalue weighted by molar-refractivity contribution is 7.15. The molecule has 1 aromatic carbocycles. The average Bonchev–Trinajstić information content (AvgIpc) is 3.16. The first-order chi connectivity index (χ1) is 13.9. The summed E-state index contributed by atoms with van der Waals surface area (Å²) in [6, 6.07) is 7.96. The second-order valence-electron chi connectivity index (χ2n) is 7.18. The summed E-state index contributed by atoms with van der Waals surface area (Å²) in [4.78, 5) is 17.0. The van der Waals surface area contributed by atoms with Crippen molar-refractivity contribution in [3.05, 3.63) is 69.1 Å². The second kappa shape index (κ2) is 7.40. The molecular weight excluding hydrogens is 384 g/mol. The Morgan fingerprint density at radius 3 is 2.62 bits per heavy atom. The fraction of sp³-hybridized carbons (Fsp3) is 0.273. The molecule has 3 heterocycles. The zero-order valence-electron chi connectivity index (χ0n) is 16.8. The van der Waals surface area contributed by atoms with Crippen molar-refractivity contribution in [1.29, 1.82) is 0 Å². The molecule has 3 aromatic rings. The number of rotatable bonds is 4. The number of carboxylic acid groups (broad SMARTS) is 1. The number of fused-ring (bicyclic) bond motifs is 3. The van der Waals surface area contributed by atoms with Crippen molar-refractivity contribution in [2.24, 2.45) is 4.99 Å². The second-order valence-corrected chi connectivity index (χ2v) is 8.38. The fourth-order valence-corrected chi connectivity index (χ4v) is 4.74. The first-order valence-electron chi connectivity index (χ1n) is 9.46. The van der Waals surface area contributed by atoms with Gasteiger partial charge in [-0.15, -0.1) is 21.5 Å². The van der Waals surface area contributed by atoms with Gasteiger partial charge in [-0.2, -0.15) is 0 Å². The van der Waals surface area contributed by atoms with Crippen LogP contribution in [0.2, 0.25) is 0 Å². The summed E-state index contributed by atoms with van der Waals surface area (Å²) in [6.07, 6.45) is 3.49. The summed E-state index contributed by atoms with van der Waals surface area (Å²) in [5, 5.41) is 18.6. The lowest BCUT2D eigenvalue weighted by molar-refractivity contribution is -0.135. The number of aliphatic carboxylic acids is 1. The van der Waals surface area contributed by atoms with Crippen molar-refractivity contribution in [3.8, 4) is 5.00 Å². The van der Waals surface area contributed by atoms with Gasteiger partial charge in [0.15, 0.2) is 5.82 Å². The topological polar surface area (TPSA) is 80.4 Å². The van der Waals surface area contributed by atoms with Crippen molar-refractivity contribution >= 4 is 29.1 Å². The van der Waals surface area contributed by atoms with Crippen LogP contribution in [0.3, 0.4) is 0 Å². The van der Waals surface area contributed by atoms with Crippen molar-refractivity contribution in [3.63, 3.8) is 0 Å². The number of carboxylic acids is 1. The molecule has 1 aliphatic rings. The van der Waals surface area contributed by atoms with Crippen molar-refractivity contribution in [2.75, 3.05) is 0 Å². The van der Waals surface area contributed by atoms with Gasteiger partial charge in [0.05, 0.1) is 12.1 Å². The lowest BCUT2D eigenvalue weighted by Crippen LogP contribution is -2.07. The van der Waals surface area contributed by atoms with Gasteiger partial charge in [0.1, 0.15) is 16.9 Å². The predicted octanol–water partition coefficient (Wildman–Crippen LogP) is 4.65. The summed E-state index contributed by atoms with van der Waals surface area (Å²) in [5.41, 5.74) is 5.31. The van der Waals surface area contributed by atoms with Crippen molar-refractivity contribution < 1.29 is 9.90 Å². The fourth-order valence-electron chi connectivity index (χ4n) is 3.53. The highest BCUT2D eigenvalue weighted by Crippen LogP contribution is 2.38. The number of aryl methyl sites for hydroxylation is 2. The highest BCUT2D eigenvalue weighted by Gasteiger charge is 2.29. The Morgan fingerprint density at radius 1 is 1.21 bits per heavy atom. The molecule has 6 nitrogen and oxygen atoms in total. The Kier molecular flexibility index (Phi) is 4.92. The first-order valence-corrected chi connectivity index (χ1v) is 10.3. The van der Waals surface area contributed by atoms with E-state index >= 15 is 0 Å². The zero-order chi connectivity index (χ0) is 20.7. The molecule has 7 heteroatoms. The van der Waals surface area contributed by atoms with Crippen molar-refractivity contribution in [2.45, 2.75) is 40.2 Å². The minimum atomic E-state index is -0.835. The smallest absolute Gasteiger partial charge is 0.307 e. The van der Waals surface area contributed by atoms with Crippen molar-refractivity contribution in [1.82, 2.24) is 14.8 Å². The Labute approximate surface area is 173 Å². The van der Waals surface area contributed by atoms with Gasteiger partial charge in [0, 0.05) is 16.0 Å². The van der Waals surface area contributed by atoms with E-state index in [-0.39, 0.29) is 12.5 Å². The maximum atomic E-state index is 10.7. The van der Waals surface area contributed by atoms with Crippen LogP contribution in [0.4, 0.5) is 0 Å². The van der Waals surface area contributed by atoms with Gasteiger partial charge in [0.2, 0.25) is 0 Å². The summed E-state index contributed by atoms with van der Waals surface area (Å²) < 4.78 is 2.13. The zero-order valence-corrected chi connectivity index (χ0v) is 17.6. The third kappa shape index (κ3) is 3.42. The molecule has 0 aliphatic carbocycles. The Balaban J connectivity index is 1.80. The van der Waals surface area contributed by atoms with E-state index in [0.29, 0.717) is 0 Å². The molecular formula is C22H22N4O2S. The van der Waals surface area contributed by atoms with E-state index in [1.807, 2.05) is 44.2 Å². The Hall–Kier alpha value is -3.06. The van der Waals surface area contributed by atoms with E-state index in [1.165, 1.54) is 10.4 Å². The molecule has 0 amide bonds. The maximum Gasteiger partial charge on any atom is 0.307 e. The lowest BCUT2D eigenvalue weighted by atomic mass is 9.98. The molecule has 1 atom stereocenters. The molecule has 2 aromatic heterocycles. The van der Waals surface area contributed by atoms with Gasteiger partial charge in [-0.05, 0) is 38.8 Å². The summed E-state index contributed by atoms with van der Waals surface area (Å²) in [5.74, 6) is 0.885. The summed E-state index contributed by atoms with van der Waals surface area (Å²) in [7, 11) is 0. The predicted molar refractivity (Wildman–Crippen MR) is 115 cm³/mol. The van der Waals surface area contributed by atoms with E-state index in [0.717, 1.165) is 39.1 Å².